The number of pyridine rings is 1. The normalized spacial score (nSPS) is 16.9. The van der Waals surface area contributed by atoms with Gasteiger partial charge in [0.1, 0.15) is 11.0 Å². The van der Waals surface area contributed by atoms with Crippen LogP contribution in [0.3, 0.4) is 0 Å². The van der Waals surface area contributed by atoms with E-state index in [1.807, 2.05) is 0 Å². The minimum atomic E-state index is 0.0559. The molecule has 106 valence electrons. The molecule has 1 aliphatic rings. The first-order chi connectivity index (χ1) is 9.11. The Bertz CT molecular complexity index is 437. The molecule has 0 radical (unpaired) electrons. The standard InChI is InChI=1S/C12H15Cl3N2O2/c13-9-7-10(14)12(16-11(9)15)17-3-1-8(2-4-17)19-6-5-18/h7-8,18H,1-6H2. The van der Waals surface area contributed by atoms with Gasteiger partial charge in [0.15, 0.2) is 0 Å². The Labute approximate surface area is 127 Å². The Balaban J connectivity index is 1.99. The van der Waals surface area contributed by atoms with Gasteiger partial charge in [0.2, 0.25) is 0 Å². The number of aliphatic hydroxyl groups is 1. The molecule has 7 heteroatoms. The Morgan fingerprint density at radius 3 is 2.58 bits per heavy atom. The molecule has 4 nitrogen and oxygen atoms in total. The molecule has 19 heavy (non-hydrogen) atoms. The van der Waals surface area contributed by atoms with Crippen LogP contribution in [0.2, 0.25) is 15.2 Å². The molecule has 0 unspecified atom stereocenters. The van der Waals surface area contributed by atoms with Gasteiger partial charge in [-0.2, -0.15) is 0 Å². The maximum Gasteiger partial charge on any atom is 0.150 e. The molecule has 1 fully saturated rings. The van der Waals surface area contributed by atoms with Crippen molar-refractivity contribution < 1.29 is 9.84 Å². The maximum atomic E-state index is 8.73. The zero-order chi connectivity index (χ0) is 13.8. The van der Waals surface area contributed by atoms with Gasteiger partial charge < -0.3 is 14.7 Å². The molecule has 1 aromatic heterocycles. The van der Waals surface area contributed by atoms with Crippen LogP contribution in [0.1, 0.15) is 12.8 Å². The first-order valence-corrected chi connectivity index (χ1v) is 7.24. The Morgan fingerprint density at radius 2 is 1.95 bits per heavy atom. The Morgan fingerprint density at radius 1 is 1.26 bits per heavy atom. The number of ether oxygens (including phenoxy) is 1. The van der Waals surface area contributed by atoms with Crippen molar-refractivity contribution in [2.75, 3.05) is 31.2 Å². The SMILES string of the molecule is OCCOC1CCN(c2nc(Cl)c(Cl)cc2Cl)CC1. The van der Waals surface area contributed by atoms with Crippen LogP contribution in [0.25, 0.3) is 0 Å². The molecule has 2 rings (SSSR count). The van der Waals surface area contributed by atoms with Crippen molar-refractivity contribution in [2.45, 2.75) is 18.9 Å². The third-order valence-electron chi connectivity index (χ3n) is 3.05. The molecule has 0 bridgehead atoms. The highest BCUT2D eigenvalue weighted by Gasteiger charge is 2.22. The average Bonchev–Trinajstić information content (AvgIpc) is 2.41. The van der Waals surface area contributed by atoms with Gasteiger partial charge in [-0.15, -0.1) is 0 Å². The second-order valence-corrected chi connectivity index (χ2v) is 5.52. The van der Waals surface area contributed by atoms with Crippen molar-refractivity contribution in [2.24, 2.45) is 0 Å². The summed E-state index contributed by atoms with van der Waals surface area (Å²) in [6, 6.07) is 1.61. The van der Waals surface area contributed by atoms with E-state index in [2.05, 4.69) is 9.88 Å². The molecule has 1 saturated heterocycles. The third kappa shape index (κ3) is 3.86. The highest BCUT2D eigenvalue weighted by Crippen LogP contribution is 2.32. The molecule has 0 spiro atoms. The van der Waals surface area contributed by atoms with E-state index < -0.39 is 0 Å². The first-order valence-electron chi connectivity index (χ1n) is 6.10. The lowest BCUT2D eigenvalue weighted by Crippen LogP contribution is -2.38. The van der Waals surface area contributed by atoms with Gasteiger partial charge in [0, 0.05) is 13.1 Å². The molecule has 1 aromatic rings. The minimum Gasteiger partial charge on any atom is -0.394 e. The van der Waals surface area contributed by atoms with Gasteiger partial charge >= 0.3 is 0 Å². The Kier molecular flexibility index (Phi) is 5.54. The number of hydrogen-bond acceptors (Lipinski definition) is 4. The quantitative estimate of drug-likeness (QED) is 0.864. The largest absolute Gasteiger partial charge is 0.394 e. The summed E-state index contributed by atoms with van der Waals surface area (Å²) in [4.78, 5) is 6.30. The summed E-state index contributed by atoms with van der Waals surface area (Å²) < 4.78 is 5.51. The fraction of sp³-hybridized carbons (Fsp3) is 0.583. The van der Waals surface area contributed by atoms with Crippen LogP contribution in [-0.4, -0.2) is 42.5 Å². The van der Waals surface area contributed by atoms with Crippen LogP contribution in [0.5, 0.6) is 0 Å². The number of nitrogens with zero attached hydrogens (tertiary/aromatic N) is 2. The molecule has 2 heterocycles. The van der Waals surface area contributed by atoms with E-state index in [9.17, 15) is 0 Å². The fourth-order valence-electron chi connectivity index (χ4n) is 2.11. The average molecular weight is 326 g/mol. The molecule has 0 aromatic carbocycles. The lowest BCUT2D eigenvalue weighted by atomic mass is 10.1. The number of hydrogen-bond donors (Lipinski definition) is 1. The highest BCUT2D eigenvalue weighted by molar-refractivity contribution is 6.42. The van der Waals surface area contributed by atoms with Gasteiger partial charge in [-0.05, 0) is 18.9 Å². The van der Waals surface area contributed by atoms with Gasteiger partial charge in [0.25, 0.3) is 0 Å². The van der Waals surface area contributed by atoms with E-state index in [0.717, 1.165) is 25.9 Å². The summed E-state index contributed by atoms with van der Waals surface area (Å²) in [6.07, 6.45) is 1.93. The fourth-order valence-corrected chi connectivity index (χ4v) is 2.72. The molecular weight excluding hydrogens is 311 g/mol. The maximum absolute atomic E-state index is 8.73. The number of aliphatic hydroxyl groups excluding tert-OH is 1. The Hall–Kier alpha value is -0.260. The van der Waals surface area contributed by atoms with Crippen molar-refractivity contribution in [3.8, 4) is 0 Å². The topological polar surface area (TPSA) is 45.6 Å². The lowest BCUT2D eigenvalue weighted by Gasteiger charge is -2.33. The molecule has 1 aliphatic heterocycles. The monoisotopic (exact) mass is 324 g/mol. The third-order valence-corrected chi connectivity index (χ3v) is 4.01. The van der Waals surface area contributed by atoms with E-state index in [1.165, 1.54) is 0 Å². The van der Waals surface area contributed by atoms with Gasteiger partial charge in [-0.25, -0.2) is 4.98 Å². The zero-order valence-electron chi connectivity index (χ0n) is 10.3. The summed E-state index contributed by atoms with van der Waals surface area (Å²) in [5.74, 6) is 0.664. The van der Waals surface area contributed by atoms with E-state index in [-0.39, 0.29) is 17.9 Å². The number of anilines is 1. The summed E-state index contributed by atoms with van der Waals surface area (Å²) in [7, 11) is 0. The number of halogens is 3. The van der Waals surface area contributed by atoms with Crippen LogP contribution >= 0.6 is 34.8 Å². The van der Waals surface area contributed by atoms with Crippen LogP contribution in [-0.2, 0) is 4.74 Å². The minimum absolute atomic E-state index is 0.0559. The van der Waals surface area contributed by atoms with Crippen LogP contribution in [0.4, 0.5) is 5.82 Å². The van der Waals surface area contributed by atoms with Crippen molar-refractivity contribution in [1.29, 1.82) is 0 Å². The second kappa shape index (κ2) is 6.95. The predicted molar refractivity (Wildman–Crippen MR) is 77.5 cm³/mol. The summed E-state index contributed by atoms with van der Waals surface area (Å²) in [5, 5.41) is 9.86. The van der Waals surface area contributed by atoms with Gasteiger partial charge in [-0.1, -0.05) is 34.8 Å². The van der Waals surface area contributed by atoms with Crippen LogP contribution < -0.4 is 4.90 Å². The highest BCUT2D eigenvalue weighted by atomic mass is 35.5. The van der Waals surface area contributed by atoms with Crippen molar-refractivity contribution in [1.82, 2.24) is 4.98 Å². The lowest BCUT2D eigenvalue weighted by molar-refractivity contribution is 0.0158. The van der Waals surface area contributed by atoms with E-state index >= 15 is 0 Å². The summed E-state index contributed by atoms with van der Waals surface area (Å²) in [5.41, 5.74) is 0. The van der Waals surface area contributed by atoms with Crippen molar-refractivity contribution in [3.05, 3.63) is 21.3 Å². The van der Waals surface area contributed by atoms with E-state index in [0.29, 0.717) is 22.5 Å². The molecule has 0 amide bonds. The predicted octanol–water partition coefficient (Wildman–Crippen LogP) is 3.02. The second-order valence-electron chi connectivity index (χ2n) is 4.35. The van der Waals surface area contributed by atoms with Crippen LogP contribution in [0, 0.1) is 0 Å². The van der Waals surface area contributed by atoms with E-state index in [4.69, 9.17) is 44.6 Å². The molecule has 0 saturated carbocycles. The molecule has 0 aliphatic carbocycles. The van der Waals surface area contributed by atoms with Crippen LogP contribution in [0.15, 0.2) is 6.07 Å². The van der Waals surface area contributed by atoms with Gasteiger partial charge in [-0.3, -0.25) is 0 Å². The number of aromatic nitrogens is 1. The number of rotatable bonds is 4. The van der Waals surface area contributed by atoms with Gasteiger partial charge in [0.05, 0.1) is 29.4 Å². The molecule has 0 atom stereocenters. The van der Waals surface area contributed by atoms with Crippen molar-refractivity contribution in [3.63, 3.8) is 0 Å². The zero-order valence-corrected chi connectivity index (χ0v) is 12.5. The smallest absolute Gasteiger partial charge is 0.150 e. The molecule has 1 N–H and O–H groups in total. The van der Waals surface area contributed by atoms with E-state index in [1.54, 1.807) is 6.07 Å². The summed E-state index contributed by atoms with van der Waals surface area (Å²) >= 11 is 17.9. The molecular formula is C12H15Cl3N2O2. The first kappa shape index (κ1) is 15.1. The number of piperidine rings is 1. The van der Waals surface area contributed by atoms with Crippen molar-refractivity contribution >= 4 is 40.6 Å². The summed E-state index contributed by atoms with van der Waals surface area (Å²) in [6.45, 7) is 2.03.